The SMILES string of the molecule is Cn1nc(-c2ccccc2)cc1C(=O)N1C2CCC1CC(Oc1ccccn1)C2. The van der Waals surface area contributed by atoms with Crippen molar-refractivity contribution in [3.8, 4) is 17.1 Å². The standard InChI is InChI=1S/C23H24N4O2/c1-26-21(15-20(25-26)16-7-3-2-4-8-16)23(28)27-17-10-11-18(27)14-19(13-17)29-22-9-5-6-12-24-22/h2-9,12,15,17-19H,10-11,13-14H2,1H3. The van der Waals surface area contributed by atoms with Gasteiger partial charge in [0.25, 0.3) is 5.91 Å². The van der Waals surface area contributed by atoms with E-state index in [1.165, 1.54) is 0 Å². The Kier molecular flexibility index (Phi) is 4.54. The van der Waals surface area contributed by atoms with Crippen LogP contribution in [0.5, 0.6) is 5.88 Å². The minimum absolute atomic E-state index is 0.0750. The van der Waals surface area contributed by atoms with E-state index in [1.54, 1.807) is 10.9 Å². The average molecular weight is 388 g/mol. The van der Waals surface area contributed by atoms with Crippen LogP contribution in [0.1, 0.15) is 36.2 Å². The first-order chi connectivity index (χ1) is 14.2. The first-order valence-electron chi connectivity index (χ1n) is 10.2. The van der Waals surface area contributed by atoms with Crippen LogP contribution in [0, 0.1) is 0 Å². The molecule has 2 aromatic heterocycles. The van der Waals surface area contributed by atoms with Crippen LogP contribution in [0.4, 0.5) is 0 Å². The molecule has 0 radical (unpaired) electrons. The molecule has 29 heavy (non-hydrogen) atoms. The summed E-state index contributed by atoms with van der Waals surface area (Å²) in [6, 6.07) is 18.0. The zero-order valence-electron chi connectivity index (χ0n) is 16.4. The second-order valence-electron chi connectivity index (χ2n) is 7.88. The van der Waals surface area contributed by atoms with Crippen molar-refractivity contribution in [2.45, 2.75) is 43.9 Å². The predicted octanol–water partition coefficient (Wildman–Crippen LogP) is 3.70. The number of aromatic nitrogens is 3. The van der Waals surface area contributed by atoms with Crippen molar-refractivity contribution < 1.29 is 9.53 Å². The maximum Gasteiger partial charge on any atom is 0.272 e. The lowest BCUT2D eigenvalue weighted by molar-refractivity contribution is 0.0339. The Morgan fingerprint density at radius 3 is 2.45 bits per heavy atom. The Morgan fingerprint density at radius 1 is 1.03 bits per heavy atom. The molecule has 2 fully saturated rings. The van der Waals surface area contributed by atoms with Gasteiger partial charge in [0.2, 0.25) is 5.88 Å². The fourth-order valence-corrected chi connectivity index (χ4v) is 4.69. The summed E-state index contributed by atoms with van der Waals surface area (Å²) < 4.78 is 7.80. The molecule has 1 aromatic carbocycles. The molecule has 1 amide bonds. The number of ether oxygens (including phenoxy) is 1. The number of benzene rings is 1. The normalized spacial score (nSPS) is 23.2. The Labute approximate surface area is 170 Å². The van der Waals surface area contributed by atoms with Crippen LogP contribution in [0.25, 0.3) is 11.3 Å². The molecule has 4 heterocycles. The number of fused-ring (bicyclic) bond motifs is 2. The quantitative estimate of drug-likeness (QED) is 0.684. The molecule has 148 valence electrons. The highest BCUT2D eigenvalue weighted by Crippen LogP contribution is 2.38. The summed E-state index contributed by atoms with van der Waals surface area (Å²) in [4.78, 5) is 19.8. The molecule has 0 spiro atoms. The second-order valence-corrected chi connectivity index (χ2v) is 7.88. The zero-order chi connectivity index (χ0) is 19.8. The molecule has 2 aliphatic rings. The third-order valence-electron chi connectivity index (χ3n) is 6.02. The number of carbonyl (C=O) groups excluding carboxylic acids is 1. The van der Waals surface area contributed by atoms with Gasteiger partial charge in [0.15, 0.2) is 0 Å². The van der Waals surface area contributed by atoms with Gasteiger partial charge in [0.05, 0.1) is 5.69 Å². The van der Waals surface area contributed by atoms with E-state index < -0.39 is 0 Å². The molecule has 2 bridgehead atoms. The monoisotopic (exact) mass is 388 g/mol. The van der Waals surface area contributed by atoms with Crippen LogP contribution < -0.4 is 4.74 Å². The van der Waals surface area contributed by atoms with Crippen molar-refractivity contribution >= 4 is 5.91 Å². The van der Waals surface area contributed by atoms with E-state index in [2.05, 4.69) is 15.0 Å². The lowest BCUT2D eigenvalue weighted by atomic mass is 9.99. The maximum atomic E-state index is 13.4. The molecule has 2 saturated heterocycles. The van der Waals surface area contributed by atoms with Crippen molar-refractivity contribution in [1.82, 2.24) is 19.7 Å². The van der Waals surface area contributed by atoms with Crippen molar-refractivity contribution in [3.05, 3.63) is 66.5 Å². The van der Waals surface area contributed by atoms with Gasteiger partial charge in [-0.1, -0.05) is 36.4 Å². The summed E-state index contributed by atoms with van der Waals surface area (Å²) >= 11 is 0. The third kappa shape index (κ3) is 3.39. The van der Waals surface area contributed by atoms with E-state index in [0.717, 1.165) is 36.9 Å². The Bertz CT molecular complexity index is 988. The third-order valence-corrected chi connectivity index (χ3v) is 6.02. The van der Waals surface area contributed by atoms with Crippen LogP contribution in [-0.2, 0) is 7.05 Å². The fraction of sp³-hybridized carbons (Fsp3) is 0.348. The van der Waals surface area contributed by atoms with E-state index in [0.29, 0.717) is 11.6 Å². The van der Waals surface area contributed by atoms with Crippen molar-refractivity contribution in [1.29, 1.82) is 0 Å². The minimum atomic E-state index is 0.0750. The van der Waals surface area contributed by atoms with Crippen molar-refractivity contribution in [3.63, 3.8) is 0 Å². The smallest absolute Gasteiger partial charge is 0.272 e. The molecule has 0 saturated carbocycles. The predicted molar refractivity (Wildman–Crippen MR) is 110 cm³/mol. The first-order valence-corrected chi connectivity index (χ1v) is 10.2. The number of hydrogen-bond donors (Lipinski definition) is 0. The second kappa shape index (κ2) is 7.35. The van der Waals surface area contributed by atoms with Crippen LogP contribution in [0.2, 0.25) is 0 Å². The van der Waals surface area contributed by atoms with Gasteiger partial charge < -0.3 is 9.64 Å². The number of carbonyl (C=O) groups is 1. The van der Waals surface area contributed by atoms with E-state index in [4.69, 9.17) is 4.74 Å². The van der Waals surface area contributed by atoms with Gasteiger partial charge in [-0.25, -0.2) is 4.98 Å². The largest absolute Gasteiger partial charge is 0.474 e. The van der Waals surface area contributed by atoms with E-state index in [-0.39, 0.29) is 24.1 Å². The zero-order valence-corrected chi connectivity index (χ0v) is 16.4. The Morgan fingerprint density at radius 2 is 1.76 bits per heavy atom. The van der Waals surface area contributed by atoms with Gasteiger partial charge in [0.1, 0.15) is 11.8 Å². The van der Waals surface area contributed by atoms with Crippen LogP contribution in [0.3, 0.4) is 0 Å². The van der Waals surface area contributed by atoms with E-state index in [9.17, 15) is 4.79 Å². The lowest BCUT2D eigenvalue weighted by Gasteiger charge is -2.38. The highest BCUT2D eigenvalue weighted by Gasteiger charge is 2.45. The Hall–Kier alpha value is -3.15. The molecule has 2 unspecified atom stereocenters. The van der Waals surface area contributed by atoms with Gasteiger partial charge in [-0.2, -0.15) is 5.10 Å². The van der Waals surface area contributed by atoms with E-state index in [1.807, 2.05) is 61.6 Å². The number of amides is 1. The summed E-state index contributed by atoms with van der Waals surface area (Å²) in [6.07, 6.45) is 5.61. The lowest BCUT2D eigenvalue weighted by Crippen LogP contribution is -2.49. The Balaban J connectivity index is 1.33. The molecule has 2 aliphatic heterocycles. The average Bonchev–Trinajstić information content (AvgIpc) is 3.26. The molecule has 5 rings (SSSR count). The van der Waals surface area contributed by atoms with Gasteiger partial charge in [-0.15, -0.1) is 0 Å². The van der Waals surface area contributed by atoms with Crippen LogP contribution in [-0.4, -0.2) is 43.8 Å². The molecular weight excluding hydrogens is 364 g/mol. The minimum Gasteiger partial charge on any atom is -0.474 e. The molecule has 0 N–H and O–H groups in total. The highest BCUT2D eigenvalue weighted by atomic mass is 16.5. The number of rotatable bonds is 4. The number of hydrogen-bond acceptors (Lipinski definition) is 4. The molecule has 6 nitrogen and oxygen atoms in total. The highest BCUT2D eigenvalue weighted by molar-refractivity contribution is 5.94. The fourth-order valence-electron chi connectivity index (χ4n) is 4.69. The molecule has 6 heteroatoms. The summed E-state index contributed by atoms with van der Waals surface area (Å²) in [5.74, 6) is 0.738. The van der Waals surface area contributed by atoms with E-state index >= 15 is 0 Å². The van der Waals surface area contributed by atoms with Crippen molar-refractivity contribution in [2.75, 3.05) is 0 Å². The van der Waals surface area contributed by atoms with Gasteiger partial charge in [-0.3, -0.25) is 9.48 Å². The maximum absolute atomic E-state index is 13.4. The number of aryl methyl sites for hydroxylation is 1. The number of pyridine rings is 1. The van der Waals surface area contributed by atoms with Gasteiger partial charge >= 0.3 is 0 Å². The summed E-state index contributed by atoms with van der Waals surface area (Å²) in [5, 5.41) is 4.57. The van der Waals surface area contributed by atoms with Gasteiger partial charge in [-0.05, 0) is 25.0 Å². The molecule has 3 aromatic rings. The molecule has 0 aliphatic carbocycles. The van der Waals surface area contributed by atoms with Crippen LogP contribution >= 0.6 is 0 Å². The first kappa shape index (κ1) is 17.9. The number of nitrogens with zero attached hydrogens (tertiary/aromatic N) is 4. The van der Waals surface area contributed by atoms with Gasteiger partial charge in [0, 0.05) is 49.8 Å². The summed E-state index contributed by atoms with van der Waals surface area (Å²) in [7, 11) is 1.85. The van der Waals surface area contributed by atoms with Crippen molar-refractivity contribution in [2.24, 2.45) is 7.05 Å². The molecular formula is C23H24N4O2. The number of piperidine rings is 1. The summed E-state index contributed by atoms with van der Waals surface area (Å²) in [6.45, 7) is 0. The summed E-state index contributed by atoms with van der Waals surface area (Å²) in [5.41, 5.74) is 2.50. The molecule has 2 atom stereocenters. The van der Waals surface area contributed by atoms with Crippen LogP contribution in [0.15, 0.2) is 60.8 Å². The topological polar surface area (TPSA) is 60.2 Å².